The van der Waals surface area contributed by atoms with Crippen molar-refractivity contribution in [2.45, 2.75) is 59.4 Å². The maximum Gasteiger partial charge on any atom is 0.236 e. The largest absolute Gasteiger partial charge is 0.475 e. The third-order valence-electron chi connectivity index (χ3n) is 7.68. The summed E-state index contributed by atoms with van der Waals surface area (Å²) in [4.78, 5) is 15.4. The summed E-state index contributed by atoms with van der Waals surface area (Å²) >= 11 is 0. The van der Waals surface area contributed by atoms with Gasteiger partial charge in [0.05, 0.1) is 11.1 Å². The van der Waals surface area contributed by atoms with Gasteiger partial charge in [0.15, 0.2) is 0 Å². The number of H-pyrrole nitrogens is 1. The van der Waals surface area contributed by atoms with Crippen LogP contribution in [0.25, 0.3) is 11.3 Å². The van der Waals surface area contributed by atoms with Crippen molar-refractivity contribution < 1.29 is 14.6 Å². The average molecular weight is 424 g/mol. The van der Waals surface area contributed by atoms with Gasteiger partial charge in [-0.1, -0.05) is 17.2 Å². The molecule has 2 heterocycles. The van der Waals surface area contributed by atoms with E-state index in [1.807, 2.05) is 13.8 Å². The molecule has 1 aliphatic heterocycles. The van der Waals surface area contributed by atoms with Crippen molar-refractivity contribution in [2.75, 3.05) is 19.8 Å². The van der Waals surface area contributed by atoms with Gasteiger partial charge < -0.3 is 14.7 Å². The molecule has 1 aromatic heterocycles. The third-order valence-corrected chi connectivity index (χ3v) is 7.68. The number of benzene rings is 1. The molecule has 3 aliphatic rings. The minimum absolute atomic E-state index is 0.00865. The summed E-state index contributed by atoms with van der Waals surface area (Å²) in [6.45, 7) is 9.26. The van der Waals surface area contributed by atoms with Crippen LogP contribution >= 0.6 is 0 Å². The molecule has 5 rings (SSSR count). The zero-order valence-electron chi connectivity index (χ0n) is 19.0. The van der Waals surface area contributed by atoms with E-state index in [1.54, 1.807) is 0 Å². The van der Waals surface area contributed by atoms with Gasteiger partial charge in [-0.2, -0.15) is 0 Å². The topological polar surface area (TPSA) is 78.5 Å². The van der Waals surface area contributed by atoms with Gasteiger partial charge >= 0.3 is 0 Å². The molecule has 1 saturated heterocycles. The molecule has 1 amide bonds. The van der Waals surface area contributed by atoms with Crippen molar-refractivity contribution in [2.24, 2.45) is 16.7 Å². The molecule has 3 unspecified atom stereocenters. The minimum Gasteiger partial charge on any atom is -0.475 e. The maximum absolute atomic E-state index is 13.3. The van der Waals surface area contributed by atoms with Crippen LogP contribution in [0.2, 0.25) is 0 Å². The molecule has 0 radical (unpaired) electrons. The Morgan fingerprint density at radius 3 is 2.68 bits per heavy atom. The molecule has 0 bridgehead atoms. The van der Waals surface area contributed by atoms with E-state index in [9.17, 15) is 9.90 Å². The van der Waals surface area contributed by atoms with Crippen LogP contribution in [0.4, 0.5) is 0 Å². The van der Waals surface area contributed by atoms with Gasteiger partial charge in [-0.05, 0) is 65.0 Å². The SMILES string of the molecule is Cc1cc(C)cc(-c2[nH]nc(OCC(C)(C)C(=O)N3CC45CC4CCC35)c2CCO)c1. The number of carbonyl (C=O) groups is 1. The van der Waals surface area contributed by atoms with E-state index in [0.717, 1.165) is 35.7 Å². The number of hydrogen-bond acceptors (Lipinski definition) is 4. The second-order valence-electron chi connectivity index (χ2n) is 10.6. The molecule has 3 atom stereocenters. The number of aryl methyl sites for hydroxylation is 2. The summed E-state index contributed by atoms with van der Waals surface area (Å²) in [5.41, 5.74) is 4.96. The first-order valence-electron chi connectivity index (χ1n) is 11.5. The van der Waals surface area contributed by atoms with Crippen LogP contribution in [-0.4, -0.2) is 51.9 Å². The summed E-state index contributed by atoms with van der Waals surface area (Å²) < 4.78 is 6.10. The quantitative estimate of drug-likeness (QED) is 0.713. The lowest BCUT2D eigenvalue weighted by Crippen LogP contribution is -2.62. The van der Waals surface area contributed by atoms with Crippen molar-refractivity contribution in [3.8, 4) is 17.1 Å². The monoisotopic (exact) mass is 423 g/mol. The average Bonchev–Trinajstić information content (AvgIpc) is 3.19. The van der Waals surface area contributed by atoms with Crippen molar-refractivity contribution in [3.63, 3.8) is 0 Å². The number of amides is 1. The Balaban J connectivity index is 1.31. The van der Waals surface area contributed by atoms with E-state index < -0.39 is 5.41 Å². The van der Waals surface area contributed by atoms with E-state index in [4.69, 9.17) is 4.74 Å². The summed E-state index contributed by atoms with van der Waals surface area (Å²) in [5, 5.41) is 17.1. The number of aliphatic hydroxyl groups is 1. The van der Waals surface area contributed by atoms with Crippen LogP contribution in [0.15, 0.2) is 18.2 Å². The van der Waals surface area contributed by atoms with Gasteiger partial charge in [0, 0.05) is 42.2 Å². The van der Waals surface area contributed by atoms with Crippen molar-refractivity contribution >= 4 is 5.91 Å². The minimum atomic E-state index is -0.621. The van der Waals surface area contributed by atoms with Crippen LogP contribution in [0, 0.1) is 30.6 Å². The summed E-state index contributed by atoms with van der Waals surface area (Å²) in [6.07, 6.45) is 4.20. The Kier molecular flexibility index (Phi) is 4.70. The molecule has 166 valence electrons. The first-order chi connectivity index (χ1) is 14.7. The zero-order chi connectivity index (χ0) is 22.0. The molecule has 1 aromatic carbocycles. The number of aliphatic hydroxyl groups excluding tert-OH is 1. The van der Waals surface area contributed by atoms with Gasteiger partial charge in [0.2, 0.25) is 11.8 Å². The molecular formula is C25H33N3O3. The van der Waals surface area contributed by atoms with Crippen LogP contribution < -0.4 is 4.74 Å². The Morgan fingerprint density at radius 1 is 1.29 bits per heavy atom. The van der Waals surface area contributed by atoms with Gasteiger partial charge in [0.1, 0.15) is 6.61 Å². The number of likely N-dealkylation sites (tertiary alicyclic amines) is 1. The fraction of sp³-hybridized carbons (Fsp3) is 0.600. The van der Waals surface area contributed by atoms with Crippen molar-refractivity contribution in [1.82, 2.24) is 15.1 Å². The van der Waals surface area contributed by atoms with E-state index in [1.165, 1.54) is 24.0 Å². The molecule has 6 heteroatoms. The first kappa shape index (κ1) is 20.6. The van der Waals surface area contributed by atoms with Gasteiger partial charge in [-0.15, -0.1) is 5.10 Å². The van der Waals surface area contributed by atoms with Crippen LogP contribution in [-0.2, 0) is 11.2 Å². The zero-order valence-corrected chi connectivity index (χ0v) is 19.0. The third kappa shape index (κ3) is 3.27. The molecule has 6 nitrogen and oxygen atoms in total. The number of aromatic nitrogens is 2. The Hall–Kier alpha value is -2.34. The number of carbonyl (C=O) groups excluding carboxylic acids is 1. The van der Waals surface area contributed by atoms with E-state index in [2.05, 4.69) is 47.1 Å². The predicted octanol–water partition coefficient (Wildman–Crippen LogP) is 3.64. The number of hydrogen-bond donors (Lipinski definition) is 2. The predicted molar refractivity (Wildman–Crippen MR) is 119 cm³/mol. The number of nitrogens with zero attached hydrogens (tertiary/aromatic N) is 2. The second kappa shape index (κ2) is 7.09. The van der Waals surface area contributed by atoms with E-state index in [0.29, 0.717) is 23.8 Å². The van der Waals surface area contributed by atoms with Gasteiger partial charge in [-0.25, -0.2) is 0 Å². The molecule has 1 spiro atoms. The highest BCUT2D eigenvalue weighted by Gasteiger charge is 2.72. The number of nitrogens with one attached hydrogen (secondary N) is 1. The second-order valence-corrected chi connectivity index (χ2v) is 10.6. The van der Waals surface area contributed by atoms with Crippen molar-refractivity contribution in [1.29, 1.82) is 0 Å². The summed E-state index contributed by atoms with van der Waals surface area (Å²) in [7, 11) is 0. The highest BCUT2D eigenvalue weighted by atomic mass is 16.5. The lowest BCUT2D eigenvalue weighted by Gasteiger charge is -2.50. The van der Waals surface area contributed by atoms with Crippen LogP contribution in [0.3, 0.4) is 0 Å². The number of ether oxygens (including phenoxy) is 1. The maximum atomic E-state index is 13.3. The first-order valence-corrected chi connectivity index (χ1v) is 11.5. The summed E-state index contributed by atoms with van der Waals surface area (Å²) in [6, 6.07) is 6.79. The Labute approximate surface area is 184 Å². The lowest BCUT2D eigenvalue weighted by molar-refractivity contribution is -0.156. The van der Waals surface area contributed by atoms with Gasteiger partial charge in [-0.3, -0.25) is 9.89 Å². The lowest BCUT2D eigenvalue weighted by atomic mass is 9.82. The number of rotatable bonds is 7. The molecule has 2 aliphatic carbocycles. The highest BCUT2D eigenvalue weighted by Crippen LogP contribution is 2.70. The molecule has 2 aromatic rings. The van der Waals surface area contributed by atoms with Crippen LogP contribution in [0.1, 0.15) is 49.8 Å². The van der Waals surface area contributed by atoms with Crippen LogP contribution in [0.5, 0.6) is 5.88 Å². The fourth-order valence-electron chi connectivity index (χ4n) is 6.01. The summed E-state index contributed by atoms with van der Waals surface area (Å²) in [5.74, 6) is 1.53. The molecule has 31 heavy (non-hydrogen) atoms. The smallest absolute Gasteiger partial charge is 0.236 e. The molecule has 3 fully saturated rings. The number of aromatic amines is 1. The molecule has 2 saturated carbocycles. The molecular weight excluding hydrogens is 390 g/mol. The van der Waals surface area contributed by atoms with Gasteiger partial charge in [0.25, 0.3) is 0 Å². The van der Waals surface area contributed by atoms with E-state index in [-0.39, 0.29) is 19.1 Å². The Bertz CT molecular complexity index is 1000. The normalized spacial score (nSPS) is 26.3. The van der Waals surface area contributed by atoms with E-state index >= 15 is 0 Å². The standard InChI is InChI=1S/C25H33N3O3/c1-15-9-16(2)11-17(10-15)21-19(7-8-29)22(27-26-21)31-14-24(3,4)23(30)28-13-25-12-18(25)5-6-20(25)28/h9-11,18,20,29H,5-8,12-14H2,1-4H3,(H,26,27). The Morgan fingerprint density at radius 2 is 2.03 bits per heavy atom. The highest BCUT2D eigenvalue weighted by molar-refractivity contribution is 5.84. The molecule has 2 N–H and O–H groups in total. The fourth-order valence-corrected chi connectivity index (χ4v) is 6.01. The van der Waals surface area contributed by atoms with Crippen molar-refractivity contribution in [3.05, 3.63) is 34.9 Å².